The largest absolute Gasteiger partial charge is 0.399 e. The molecule has 0 bridgehead atoms. The molecule has 1 atom stereocenters. The highest BCUT2D eigenvalue weighted by atomic mass is 16.2. The van der Waals surface area contributed by atoms with Crippen molar-refractivity contribution in [3.8, 4) is 0 Å². The summed E-state index contributed by atoms with van der Waals surface area (Å²) >= 11 is 0. The van der Waals surface area contributed by atoms with Crippen molar-refractivity contribution >= 4 is 17.3 Å². The Kier molecular flexibility index (Phi) is 4.88. The summed E-state index contributed by atoms with van der Waals surface area (Å²) in [5.41, 5.74) is 7.76. The topological polar surface area (TPSA) is 49.6 Å². The van der Waals surface area contributed by atoms with Crippen molar-refractivity contribution in [2.45, 2.75) is 26.7 Å². The van der Waals surface area contributed by atoms with Crippen LogP contribution in [0.1, 0.15) is 26.7 Å². The molecule has 1 heterocycles. The van der Waals surface area contributed by atoms with Gasteiger partial charge in [-0.1, -0.05) is 26.3 Å². The van der Waals surface area contributed by atoms with E-state index in [1.165, 1.54) is 0 Å². The Balaban J connectivity index is 1.87. The summed E-state index contributed by atoms with van der Waals surface area (Å²) in [6, 6.07) is 7.95. The van der Waals surface area contributed by atoms with E-state index in [0.717, 1.165) is 44.0 Å². The van der Waals surface area contributed by atoms with E-state index in [1.54, 1.807) is 0 Å². The summed E-state index contributed by atoms with van der Waals surface area (Å²) in [5.74, 6) is 0.779. The molecule has 1 saturated heterocycles. The molecule has 1 aliphatic rings. The lowest BCUT2D eigenvalue weighted by Crippen LogP contribution is -2.49. The summed E-state index contributed by atoms with van der Waals surface area (Å²) < 4.78 is 0. The number of rotatable bonds is 4. The van der Waals surface area contributed by atoms with Gasteiger partial charge in [-0.05, 0) is 24.1 Å². The Morgan fingerprint density at radius 3 is 2.60 bits per heavy atom. The van der Waals surface area contributed by atoms with E-state index < -0.39 is 0 Å². The molecule has 0 aliphatic carbocycles. The van der Waals surface area contributed by atoms with Crippen molar-refractivity contribution in [1.29, 1.82) is 0 Å². The predicted octanol–water partition coefficient (Wildman–Crippen LogP) is 2.35. The van der Waals surface area contributed by atoms with Crippen LogP contribution in [0.25, 0.3) is 0 Å². The van der Waals surface area contributed by atoms with E-state index in [-0.39, 0.29) is 0 Å². The smallest absolute Gasteiger partial charge is 0.222 e. The van der Waals surface area contributed by atoms with E-state index in [9.17, 15) is 4.79 Å². The van der Waals surface area contributed by atoms with Crippen LogP contribution in [0, 0.1) is 5.92 Å². The number of hydrogen-bond acceptors (Lipinski definition) is 3. The summed E-state index contributed by atoms with van der Waals surface area (Å²) in [6.07, 6.45) is 1.74. The van der Waals surface area contributed by atoms with Crippen LogP contribution in [0.5, 0.6) is 0 Å². The minimum atomic E-state index is 0.298. The van der Waals surface area contributed by atoms with Gasteiger partial charge in [0.1, 0.15) is 0 Å². The Bertz CT molecular complexity index is 453. The average Bonchev–Trinajstić information content (AvgIpc) is 2.47. The van der Waals surface area contributed by atoms with Gasteiger partial charge in [-0.15, -0.1) is 0 Å². The van der Waals surface area contributed by atoms with Gasteiger partial charge in [0.05, 0.1) is 0 Å². The molecule has 1 fully saturated rings. The number of anilines is 2. The zero-order chi connectivity index (χ0) is 14.5. The van der Waals surface area contributed by atoms with Crippen molar-refractivity contribution in [2.24, 2.45) is 5.92 Å². The first-order valence-corrected chi connectivity index (χ1v) is 7.48. The number of carbonyl (C=O) groups excluding carboxylic acids is 1. The highest BCUT2D eigenvalue weighted by molar-refractivity contribution is 5.76. The van der Waals surface area contributed by atoms with E-state index in [1.807, 2.05) is 23.1 Å². The lowest BCUT2D eigenvalue weighted by atomic mass is 10.0. The van der Waals surface area contributed by atoms with Gasteiger partial charge >= 0.3 is 0 Å². The summed E-state index contributed by atoms with van der Waals surface area (Å²) in [5, 5.41) is 0. The summed E-state index contributed by atoms with van der Waals surface area (Å²) in [7, 11) is 0. The number of hydrogen-bond donors (Lipinski definition) is 1. The van der Waals surface area contributed by atoms with E-state index >= 15 is 0 Å². The van der Waals surface area contributed by atoms with Gasteiger partial charge in [-0.2, -0.15) is 0 Å². The van der Waals surface area contributed by atoms with Gasteiger partial charge in [0.15, 0.2) is 0 Å². The molecular weight excluding hydrogens is 250 g/mol. The fraction of sp³-hybridized carbons (Fsp3) is 0.562. The highest BCUT2D eigenvalue weighted by Gasteiger charge is 2.22. The van der Waals surface area contributed by atoms with Crippen LogP contribution in [-0.4, -0.2) is 37.0 Å². The van der Waals surface area contributed by atoms with Crippen LogP contribution in [0.3, 0.4) is 0 Å². The van der Waals surface area contributed by atoms with E-state index in [2.05, 4.69) is 24.8 Å². The quantitative estimate of drug-likeness (QED) is 0.858. The van der Waals surface area contributed by atoms with Crippen LogP contribution in [-0.2, 0) is 4.79 Å². The van der Waals surface area contributed by atoms with Crippen molar-refractivity contribution in [1.82, 2.24) is 4.90 Å². The molecule has 1 aliphatic heterocycles. The maximum absolute atomic E-state index is 12.2. The van der Waals surface area contributed by atoms with Crippen LogP contribution in [0.15, 0.2) is 24.3 Å². The molecule has 4 nitrogen and oxygen atoms in total. The Morgan fingerprint density at radius 2 is 2.00 bits per heavy atom. The number of amides is 1. The zero-order valence-corrected chi connectivity index (χ0v) is 12.5. The van der Waals surface area contributed by atoms with Crippen molar-refractivity contribution in [2.75, 3.05) is 36.8 Å². The fourth-order valence-electron chi connectivity index (χ4n) is 2.51. The zero-order valence-electron chi connectivity index (χ0n) is 12.5. The first kappa shape index (κ1) is 14.7. The standard InChI is InChI=1S/C16H25N3O/c1-3-13(2)11-16(20)19-9-7-18(8-10-19)15-6-4-5-14(17)12-15/h4-6,12-13H,3,7-11,17H2,1-2H3. The number of benzene rings is 1. The minimum Gasteiger partial charge on any atom is -0.399 e. The van der Waals surface area contributed by atoms with Gasteiger partial charge in [0, 0.05) is 44.0 Å². The third-order valence-electron chi connectivity index (χ3n) is 4.09. The molecule has 1 aromatic rings. The van der Waals surface area contributed by atoms with Crippen molar-refractivity contribution < 1.29 is 4.79 Å². The lowest BCUT2D eigenvalue weighted by Gasteiger charge is -2.36. The maximum atomic E-state index is 12.2. The number of carbonyl (C=O) groups is 1. The highest BCUT2D eigenvalue weighted by Crippen LogP contribution is 2.19. The molecule has 0 aromatic heterocycles. The summed E-state index contributed by atoms with van der Waals surface area (Å²) in [4.78, 5) is 16.4. The number of nitrogen functional groups attached to an aromatic ring is 1. The molecule has 1 aromatic carbocycles. The van der Waals surface area contributed by atoms with Gasteiger partial charge in [-0.25, -0.2) is 0 Å². The molecule has 1 amide bonds. The molecule has 0 radical (unpaired) electrons. The second-order valence-electron chi connectivity index (χ2n) is 5.68. The SMILES string of the molecule is CCC(C)CC(=O)N1CCN(c2cccc(N)c2)CC1. The van der Waals surface area contributed by atoms with Crippen LogP contribution >= 0.6 is 0 Å². The number of nitrogens with zero attached hydrogens (tertiary/aromatic N) is 2. The third kappa shape index (κ3) is 3.65. The van der Waals surface area contributed by atoms with Gasteiger partial charge in [0.2, 0.25) is 5.91 Å². The van der Waals surface area contributed by atoms with Crippen LogP contribution in [0.4, 0.5) is 11.4 Å². The second-order valence-corrected chi connectivity index (χ2v) is 5.68. The monoisotopic (exact) mass is 275 g/mol. The normalized spacial score (nSPS) is 17.1. The van der Waals surface area contributed by atoms with Crippen LogP contribution in [0.2, 0.25) is 0 Å². The molecule has 0 spiro atoms. The molecular formula is C16H25N3O. The predicted molar refractivity (Wildman–Crippen MR) is 83.7 cm³/mol. The molecule has 0 saturated carbocycles. The molecule has 4 heteroatoms. The third-order valence-corrected chi connectivity index (χ3v) is 4.09. The molecule has 20 heavy (non-hydrogen) atoms. The first-order chi connectivity index (χ1) is 9.60. The minimum absolute atomic E-state index is 0.298. The van der Waals surface area contributed by atoms with Crippen molar-refractivity contribution in [3.05, 3.63) is 24.3 Å². The van der Waals surface area contributed by atoms with Crippen molar-refractivity contribution in [3.63, 3.8) is 0 Å². The Morgan fingerprint density at radius 1 is 1.30 bits per heavy atom. The van der Waals surface area contributed by atoms with Gasteiger partial charge in [0.25, 0.3) is 0 Å². The second kappa shape index (κ2) is 6.64. The molecule has 110 valence electrons. The van der Waals surface area contributed by atoms with E-state index in [0.29, 0.717) is 18.2 Å². The molecule has 1 unspecified atom stereocenters. The Hall–Kier alpha value is -1.71. The van der Waals surface area contributed by atoms with Crippen LogP contribution < -0.4 is 10.6 Å². The maximum Gasteiger partial charge on any atom is 0.222 e. The number of nitrogens with two attached hydrogens (primary N) is 1. The first-order valence-electron chi connectivity index (χ1n) is 7.48. The molecule has 2 rings (SSSR count). The van der Waals surface area contributed by atoms with Gasteiger partial charge < -0.3 is 15.5 Å². The Labute approximate surface area is 121 Å². The fourth-order valence-corrected chi connectivity index (χ4v) is 2.51. The lowest BCUT2D eigenvalue weighted by molar-refractivity contribution is -0.132. The van der Waals surface area contributed by atoms with E-state index in [4.69, 9.17) is 5.73 Å². The summed E-state index contributed by atoms with van der Waals surface area (Å²) in [6.45, 7) is 7.66. The molecule has 2 N–H and O–H groups in total. The number of piperazine rings is 1. The van der Waals surface area contributed by atoms with Gasteiger partial charge in [-0.3, -0.25) is 4.79 Å². The average molecular weight is 275 g/mol.